The Kier molecular flexibility index (Phi) is 4.54. The molecule has 8 aromatic rings. The molecule has 1 aliphatic rings. The first kappa shape index (κ1) is 21.9. The van der Waals surface area contributed by atoms with Gasteiger partial charge < -0.3 is 4.57 Å². The molecule has 5 aromatic carbocycles. The Labute approximate surface area is 234 Å². The minimum atomic E-state index is 1.02. The number of pyridine rings is 2. The average Bonchev–Trinajstić information content (AvgIpc) is 3.35. The summed E-state index contributed by atoms with van der Waals surface area (Å²) in [5.41, 5.74) is 9.20. The van der Waals surface area contributed by atoms with Gasteiger partial charge in [0.2, 0.25) is 0 Å². The number of aromatic nitrogens is 3. The molecule has 4 heteroatoms. The first-order valence-corrected chi connectivity index (χ1v) is 14.2. The Hall–Kier alpha value is -4.93. The zero-order chi connectivity index (χ0) is 26.2. The molecule has 9 rings (SSSR count). The highest BCUT2D eigenvalue weighted by Crippen LogP contribution is 2.48. The van der Waals surface area contributed by atoms with E-state index >= 15 is 0 Å². The first-order valence-electron chi connectivity index (χ1n) is 13.4. The lowest BCUT2D eigenvalue weighted by atomic mass is 9.97. The van der Waals surface area contributed by atoms with Crippen molar-refractivity contribution in [2.75, 3.05) is 0 Å². The van der Waals surface area contributed by atoms with E-state index in [1.54, 1.807) is 11.8 Å². The maximum absolute atomic E-state index is 5.02. The standard InChI is InChI=1S/C36H21N3S/c1-2-8-24(9-3-1)39-31-13-7-5-11-26(31)28-20-22(14-16-32(28)39)23-15-17-33-29(21-23)35-34-27(18-19-37-35)25-10-4-6-12-30(25)38-36(34)40-33/h1-21H. The van der Waals surface area contributed by atoms with Crippen LogP contribution in [0, 0.1) is 0 Å². The number of nitrogens with zero attached hydrogens (tertiary/aromatic N) is 3. The summed E-state index contributed by atoms with van der Waals surface area (Å²) in [6, 6.07) is 43.4. The summed E-state index contributed by atoms with van der Waals surface area (Å²) in [5, 5.41) is 7.08. The molecule has 0 fully saturated rings. The van der Waals surface area contributed by atoms with Gasteiger partial charge in [-0.2, -0.15) is 0 Å². The molecule has 4 heterocycles. The molecule has 0 spiro atoms. The van der Waals surface area contributed by atoms with Gasteiger partial charge in [-0.3, -0.25) is 4.98 Å². The Morgan fingerprint density at radius 1 is 0.575 bits per heavy atom. The highest BCUT2D eigenvalue weighted by atomic mass is 32.2. The van der Waals surface area contributed by atoms with Crippen molar-refractivity contribution in [3.63, 3.8) is 0 Å². The summed E-state index contributed by atoms with van der Waals surface area (Å²) in [6.45, 7) is 0. The third kappa shape index (κ3) is 3.08. The number of para-hydroxylation sites is 3. The van der Waals surface area contributed by atoms with E-state index in [2.05, 4.69) is 126 Å². The summed E-state index contributed by atoms with van der Waals surface area (Å²) in [6.07, 6.45) is 1.94. The summed E-state index contributed by atoms with van der Waals surface area (Å²) in [5.74, 6) is 0. The first-order chi connectivity index (χ1) is 19.8. The summed E-state index contributed by atoms with van der Waals surface area (Å²) < 4.78 is 2.36. The Balaban J connectivity index is 1.25. The van der Waals surface area contributed by atoms with Crippen molar-refractivity contribution in [2.45, 2.75) is 9.92 Å². The van der Waals surface area contributed by atoms with Crippen LogP contribution in [-0.2, 0) is 0 Å². The highest BCUT2D eigenvalue weighted by Gasteiger charge is 2.23. The van der Waals surface area contributed by atoms with Gasteiger partial charge in [0.1, 0.15) is 5.03 Å². The average molecular weight is 528 g/mol. The van der Waals surface area contributed by atoms with Gasteiger partial charge >= 0.3 is 0 Å². The van der Waals surface area contributed by atoms with Gasteiger partial charge in [0.05, 0.1) is 22.2 Å². The zero-order valence-electron chi connectivity index (χ0n) is 21.4. The predicted octanol–water partition coefficient (Wildman–Crippen LogP) is 9.68. The molecule has 1 aliphatic heterocycles. The Morgan fingerprint density at radius 3 is 2.25 bits per heavy atom. The van der Waals surface area contributed by atoms with Gasteiger partial charge in [-0.25, -0.2) is 4.98 Å². The maximum atomic E-state index is 5.02. The van der Waals surface area contributed by atoms with E-state index in [4.69, 9.17) is 9.97 Å². The smallest absolute Gasteiger partial charge is 0.112 e. The number of benzene rings is 5. The third-order valence-corrected chi connectivity index (χ3v) is 9.11. The van der Waals surface area contributed by atoms with Crippen molar-refractivity contribution in [3.05, 3.63) is 128 Å². The largest absolute Gasteiger partial charge is 0.309 e. The molecule has 0 radical (unpaired) electrons. The third-order valence-electron chi connectivity index (χ3n) is 8.04. The van der Waals surface area contributed by atoms with Gasteiger partial charge in [-0.15, -0.1) is 0 Å². The summed E-state index contributed by atoms with van der Waals surface area (Å²) in [4.78, 5) is 11.1. The van der Waals surface area contributed by atoms with Gasteiger partial charge in [0, 0.05) is 43.9 Å². The molecule has 40 heavy (non-hydrogen) atoms. The highest BCUT2D eigenvalue weighted by molar-refractivity contribution is 7.99. The van der Waals surface area contributed by atoms with Crippen molar-refractivity contribution in [2.24, 2.45) is 0 Å². The Morgan fingerprint density at radius 2 is 1.32 bits per heavy atom. The molecule has 0 saturated heterocycles. The van der Waals surface area contributed by atoms with Crippen LogP contribution in [0.1, 0.15) is 0 Å². The second kappa shape index (κ2) is 8.28. The molecule has 0 atom stereocenters. The van der Waals surface area contributed by atoms with E-state index in [9.17, 15) is 0 Å². The molecule has 0 unspecified atom stereocenters. The van der Waals surface area contributed by atoms with Crippen LogP contribution >= 0.6 is 11.8 Å². The molecular weight excluding hydrogens is 506 g/mol. The van der Waals surface area contributed by atoms with Crippen molar-refractivity contribution in [1.29, 1.82) is 0 Å². The van der Waals surface area contributed by atoms with Crippen molar-refractivity contribution >= 4 is 55.2 Å². The molecule has 0 aliphatic carbocycles. The quantitative estimate of drug-likeness (QED) is 0.210. The molecule has 3 aromatic heterocycles. The van der Waals surface area contributed by atoms with E-state index in [1.807, 2.05) is 6.20 Å². The number of rotatable bonds is 2. The fraction of sp³-hybridized carbons (Fsp3) is 0. The van der Waals surface area contributed by atoms with Crippen LogP contribution in [0.2, 0.25) is 0 Å². The van der Waals surface area contributed by atoms with Crippen LogP contribution in [0.25, 0.3) is 71.6 Å². The Bertz CT molecular complexity index is 2300. The maximum Gasteiger partial charge on any atom is 0.112 e. The molecule has 0 N–H and O–H groups in total. The van der Waals surface area contributed by atoms with Crippen molar-refractivity contribution in [3.8, 4) is 28.1 Å². The van der Waals surface area contributed by atoms with Crippen LogP contribution in [-0.4, -0.2) is 14.5 Å². The fourth-order valence-corrected chi connectivity index (χ4v) is 7.30. The molecule has 3 nitrogen and oxygen atoms in total. The van der Waals surface area contributed by atoms with E-state index < -0.39 is 0 Å². The topological polar surface area (TPSA) is 30.7 Å². The predicted molar refractivity (Wildman–Crippen MR) is 166 cm³/mol. The lowest BCUT2D eigenvalue weighted by molar-refractivity contribution is 1.18. The lowest BCUT2D eigenvalue weighted by Crippen LogP contribution is -1.99. The van der Waals surface area contributed by atoms with Crippen LogP contribution in [0.15, 0.2) is 137 Å². The number of fused-ring (bicyclic) bond motifs is 7. The van der Waals surface area contributed by atoms with E-state index in [1.165, 1.54) is 59.9 Å². The molecule has 186 valence electrons. The second-order valence-electron chi connectivity index (χ2n) is 10.2. The molecular formula is C36H21N3S. The summed E-state index contributed by atoms with van der Waals surface area (Å²) in [7, 11) is 0. The number of hydrogen-bond donors (Lipinski definition) is 0. The fourth-order valence-electron chi connectivity index (χ4n) is 6.24. The minimum absolute atomic E-state index is 1.02. The van der Waals surface area contributed by atoms with Crippen LogP contribution in [0.5, 0.6) is 0 Å². The van der Waals surface area contributed by atoms with Gasteiger partial charge in [-0.05, 0) is 71.1 Å². The van der Waals surface area contributed by atoms with Crippen molar-refractivity contribution in [1.82, 2.24) is 14.5 Å². The number of hydrogen-bond acceptors (Lipinski definition) is 3. The van der Waals surface area contributed by atoms with Crippen LogP contribution in [0.3, 0.4) is 0 Å². The SMILES string of the molecule is c1ccc(-n2c3ccccc3c3cc(-c4ccc5c(c4)-c4nccc6c4c(nc4ccccc46)S5)ccc32)cc1. The van der Waals surface area contributed by atoms with Crippen LogP contribution in [0.4, 0.5) is 0 Å². The van der Waals surface area contributed by atoms with Crippen molar-refractivity contribution < 1.29 is 0 Å². The lowest BCUT2D eigenvalue weighted by Gasteiger charge is -2.20. The van der Waals surface area contributed by atoms with Gasteiger partial charge in [0.25, 0.3) is 0 Å². The molecule has 0 bridgehead atoms. The normalized spacial score (nSPS) is 12.4. The molecule has 0 amide bonds. The monoisotopic (exact) mass is 527 g/mol. The van der Waals surface area contributed by atoms with E-state index in [0.717, 1.165) is 21.6 Å². The van der Waals surface area contributed by atoms with E-state index in [-0.39, 0.29) is 0 Å². The zero-order valence-corrected chi connectivity index (χ0v) is 22.2. The van der Waals surface area contributed by atoms with Gasteiger partial charge in [-0.1, -0.05) is 78.5 Å². The second-order valence-corrected chi connectivity index (χ2v) is 11.3. The molecule has 0 saturated carbocycles. The summed E-state index contributed by atoms with van der Waals surface area (Å²) >= 11 is 1.74. The van der Waals surface area contributed by atoms with Gasteiger partial charge in [0.15, 0.2) is 0 Å². The minimum Gasteiger partial charge on any atom is -0.309 e. The van der Waals surface area contributed by atoms with Crippen LogP contribution < -0.4 is 0 Å². The van der Waals surface area contributed by atoms with E-state index in [0.29, 0.717) is 0 Å².